The Hall–Kier alpha value is -1.40. The molecule has 1 rings (SSSR count). The zero-order valence-corrected chi connectivity index (χ0v) is 9.45. The molecule has 0 fully saturated rings. The van der Waals surface area contributed by atoms with Crippen LogP contribution in [-0.2, 0) is 4.79 Å². The monoisotopic (exact) mass is 193 g/mol. The van der Waals surface area contributed by atoms with Gasteiger partial charge in [-0.25, -0.2) is 4.79 Å². The molecule has 0 bridgehead atoms. The standard InChI is InChI=1S/C7H5NO.C3H8.C2H6/c9-6-8-7-4-2-1-3-5-7;1-3-2;1-2/h1-5H;3H2,1-2H3;1-2H3. The van der Waals surface area contributed by atoms with Gasteiger partial charge in [-0.05, 0) is 12.1 Å². The van der Waals surface area contributed by atoms with Crippen molar-refractivity contribution in [1.29, 1.82) is 0 Å². The molecule has 0 saturated carbocycles. The molecule has 0 amide bonds. The molecule has 1 aromatic carbocycles. The molecule has 0 aliphatic carbocycles. The van der Waals surface area contributed by atoms with Crippen molar-refractivity contribution in [2.75, 3.05) is 0 Å². The Morgan fingerprint density at radius 1 is 1.14 bits per heavy atom. The van der Waals surface area contributed by atoms with Crippen molar-refractivity contribution < 1.29 is 4.79 Å². The quantitative estimate of drug-likeness (QED) is 0.487. The molecule has 0 atom stereocenters. The predicted molar refractivity (Wildman–Crippen MR) is 61.5 cm³/mol. The van der Waals surface area contributed by atoms with Gasteiger partial charge in [-0.3, -0.25) is 0 Å². The van der Waals surface area contributed by atoms with Crippen LogP contribution in [0.2, 0.25) is 0 Å². The third kappa shape index (κ3) is 10.6. The largest absolute Gasteiger partial charge is 0.240 e. The molecule has 0 spiro atoms. The molecular formula is C12H19NO. The van der Waals surface area contributed by atoms with Crippen molar-refractivity contribution in [3.05, 3.63) is 30.3 Å². The van der Waals surface area contributed by atoms with E-state index in [0.29, 0.717) is 5.69 Å². The SMILES string of the molecule is CC.CCC.O=C=Nc1ccccc1. The minimum Gasteiger partial charge on any atom is -0.211 e. The lowest BCUT2D eigenvalue weighted by molar-refractivity contribution is 0.565. The number of isocyanates is 1. The number of rotatable bonds is 1. The smallest absolute Gasteiger partial charge is 0.211 e. The fraction of sp³-hybridized carbons (Fsp3) is 0.417. The predicted octanol–water partition coefficient (Wildman–Crippen LogP) is 4.10. The van der Waals surface area contributed by atoms with E-state index in [-0.39, 0.29) is 0 Å². The number of nitrogens with zero attached hydrogens (tertiary/aromatic N) is 1. The second-order valence-electron chi connectivity index (χ2n) is 2.25. The van der Waals surface area contributed by atoms with Gasteiger partial charge < -0.3 is 0 Å². The Bertz CT molecular complexity index is 238. The van der Waals surface area contributed by atoms with Gasteiger partial charge in [0.25, 0.3) is 0 Å². The lowest BCUT2D eigenvalue weighted by atomic mass is 10.3. The van der Waals surface area contributed by atoms with Gasteiger partial charge in [-0.1, -0.05) is 52.3 Å². The van der Waals surface area contributed by atoms with E-state index in [0.717, 1.165) is 0 Å². The molecule has 0 heterocycles. The van der Waals surface area contributed by atoms with Gasteiger partial charge in [-0.15, -0.1) is 0 Å². The van der Waals surface area contributed by atoms with E-state index < -0.39 is 0 Å². The molecule has 1 aromatic rings. The second-order valence-corrected chi connectivity index (χ2v) is 2.25. The third-order valence-electron chi connectivity index (χ3n) is 0.931. The maximum Gasteiger partial charge on any atom is 0.240 e. The second kappa shape index (κ2) is 14.1. The Labute approximate surface area is 86.7 Å². The molecule has 78 valence electrons. The van der Waals surface area contributed by atoms with Crippen LogP contribution in [-0.4, -0.2) is 6.08 Å². The normalized spacial score (nSPS) is 6.86. The van der Waals surface area contributed by atoms with Crippen molar-refractivity contribution in [2.24, 2.45) is 4.99 Å². The van der Waals surface area contributed by atoms with Gasteiger partial charge >= 0.3 is 0 Å². The summed E-state index contributed by atoms with van der Waals surface area (Å²) in [6, 6.07) is 8.98. The highest BCUT2D eigenvalue weighted by Gasteiger charge is 1.79. The van der Waals surface area contributed by atoms with Crippen LogP contribution in [0.1, 0.15) is 34.1 Å². The average Bonchev–Trinajstić information content (AvgIpc) is 2.24. The molecule has 0 N–H and O–H groups in total. The fourth-order valence-electron chi connectivity index (χ4n) is 0.555. The minimum absolute atomic E-state index is 0.646. The van der Waals surface area contributed by atoms with Crippen molar-refractivity contribution in [3.8, 4) is 0 Å². The number of hydrogen-bond acceptors (Lipinski definition) is 2. The zero-order valence-electron chi connectivity index (χ0n) is 9.45. The van der Waals surface area contributed by atoms with Gasteiger partial charge in [0, 0.05) is 0 Å². The van der Waals surface area contributed by atoms with Gasteiger partial charge in [0.1, 0.15) is 0 Å². The maximum absolute atomic E-state index is 9.68. The summed E-state index contributed by atoms with van der Waals surface area (Å²) in [5.41, 5.74) is 0.646. The molecule has 2 heteroatoms. The van der Waals surface area contributed by atoms with E-state index in [4.69, 9.17) is 0 Å². The minimum atomic E-state index is 0.646. The molecule has 0 aliphatic heterocycles. The fourth-order valence-corrected chi connectivity index (χ4v) is 0.555. The number of carbonyl (C=O) groups excluding carboxylic acids is 1. The van der Waals surface area contributed by atoms with Gasteiger partial charge in [0.15, 0.2) is 0 Å². The lowest BCUT2D eigenvalue weighted by Crippen LogP contribution is -1.59. The number of benzene rings is 1. The first-order valence-corrected chi connectivity index (χ1v) is 4.98. The number of aliphatic imine (C=N–C) groups is 1. The summed E-state index contributed by atoms with van der Waals surface area (Å²) in [4.78, 5) is 13.1. The van der Waals surface area contributed by atoms with E-state index in [9.17, 15) is 4.79 Å². The lowest BCUT2D eigenvalue weighted by Gasteiger charge is -1.83. The third-order valence-corrected chi connectivity index (χ3v) is 0.931. The van der Waals surface area contributed by atoms with Gasteiger partial charge in [0.2, 0.25) is 6.08 Å². The first-order valence-electron chi connectivity index (χ1n) is 4.98. The summed E-state index contributed by atoms with van der Waals surface area (Å²) in [6.45, 7) is 8.25. The first-order chi connectivity index (χ1) is 6.85. The van der Waals surface area contributed by atoms with Crippen LogP contribution in [0.3, 0.4) is 0 Å². The molecule has 14 heavy (non-hydrogen) atoms. The maximum atomic E-state index is 9.68. The first kappa shape index (κ1) is 15.1. The summed E-state index contributed by atoms with van der Waals surface area (Å²) in [7, 11) is 0. The van der Waals surface area contributed by atoms with Crippen molar-refractivity contribution >= 4 is 11.8 Å². The highest BCUT2D eigenvalue weighted by atomic mass is 16.1. The molecule has 0 unspecified atom stereocenters. The van der Waals surface area contributed by atoms with Crippen LogP contribution in [0, 0.1) is 0 Å². The highest BCUT2D eigenvalue weighted by Crippen LogP contribution is 2.06. The van der Waals surface area contributed by atoms with Crippen LogP contribution in [0.5, 0.6) is 0 Å². The average molecular weight is 193 g/mol. The van der Waals surface area contributed by atoms with E-state index in [1.165, 1.54) is 12.5 Å². The number of para-hydroxylation sites is 1. The van der Waals surface area contributed by atoms with E-state index in [1.807, 2.05) is 32.0 Å². The van der Waals surface area contributed by atoms with Crippen molar-refractivity contribution in [3.63, 3.8) is 0 Å². The van der Waals surface area contributed by atoms with Crippen molar-refractivity contribution in [2.45, 2.75) is 34.1 Å². The summed E-state index contributed by atoms with van der Waals surface area (Å²) in [6.07, 6.45) is 2.71. The number of hydrogen-bond donors (Lipinski definition) is 0. The van der Waals surface area contributed by atoms with Crippen LogP contribution < -0.4 is 0 Å². The van der Waals surface area contributed by atoms with E-state index in [1.54, 1.807) is 12.1 Å². The Kier molecular flexibility index (Phi) is 15.2. The summed E-state index contributed by atoms with van der Waals surface area (Å²) >= 11 is 0. The Morgan fingerprint density at radius 2 is 1.57 bits per heavy atom. The van der Waals surface area contributed by atoms with Crippen LogP contribution >= 0.6 is 0 Å². The zero-order chi connectivity index (χ0) is 11.2. The Morgan fingerprint density at radius 3 is 1.93 bits per heavy atom. The van der Waals surface area contributed by atoms with Crippen LogP contribution in [0.25, 0.3) is 0 Å². The molecule has 0 aliphatic rings. The molecule has 0 radical (unpaired) electrons. The summed E-state index contributed by atoms with van der Waals surface area (Å²) < 4.78 is 0. The van der Waals surface area contributed by atoms with Crippen LogP contribution in [0.4, 0.5) is 5.69 Å². The Balaban J connectivity index is 0. The van der Waals surface area contributed by atoms with E-state index in [2.05, 4.69) is 18.8 Å². The summed E-state index contributed by atoms with van der Waals surface area (Å²) in [5, 5.41) is 0. The highest BCUT2D eigenvalue weighted by molar-refractivity contribution is 5.47. The van der Waals surface area contributed by atoms with Gasteiger partial charge in [0.05, 0.1) is 5.69 Å². The van der Waals surface area contributed by atoms with E-state index >= 15 is 0 Å². The topological polar surface area (TPSA) is 29.4 Å². The van der Waals surface area contributed by atoms with Gasteiger partial charge in [-0.2, -0.15) is 4.99 Å². The molecular weight excluding hydrogens is 174 g/mol. The molecule has 2 nitrogen and oxygen atoms in total. The summed E-state index contributed by atoms with van der Waals surface area (Å²) in [5.74, 6) is 0. The van der Waals surface area contributed by atoms with Crippen molar-refractivity contribution in [1.82, 2.24) is 0 Å². The molecule has 0 aromatic heterocycles. The molecule has 0 saturated heterocycles. The van der Waals surface area contributed by atoms with Crippen LogP contribution in [0.15, 0.2) is 35.3 Å².